The van der Waals surface area contributed by atoms with E-state index in [-0.39, 0.29) is 0 Å². The number of benzene rings is 2. The van der Waals surface area contributed by atoms with Crippen molar-refractivity contribution in [2.75, 3.05) is 0 Å². The van der Waals surface area contributed by atoms with Crippen LogP contribution in [0, 0.1) is 0 Å². The molecule has 23 heavy (non-hydrogen) atoms. The highest BCUT2D eigenvalue weighted by molar-refractivity contribution is 7.26. The summed E-state index contributed by atoms with van der Waals surface area (Å²) < 4.78 is 2.32. The average molecular weight is 313 g/mol. The monoisotopic (exact) mass is 313 g/mol. The van der Waals surface area contributed by atoms with Gasteiger partial charge in [-0.05, 0) is 17.5 Å². The molecule has 0 spiro atoms. The largest absolute Gasteiger partial charge is 0.254 e. The molecule has 3 aromatic heterocycles. The Morgan fingerprint density at radius 2 is 1.61 bits per heavy atom. The minimum atomic E-state index is 0.891. The van der Waals surface area contributed by atoms with Gasteiger partial charge in [-0.25, -0.2) is 9.97 Å². The van der Waals surface area contributed by atoms with Crippen LogP contribution in [0.4, 0.5) is 0 Å². The molecule has 3 nitrogen and oxygen atoms in total. The van der Waals surface area contributed by atoms with E-state index in [0.29, 0.717) is 0 Å². The van der Waals surface area contributed by atoms with Crippen molar-refractivity contribution < 1.29 is 0 Å². The van der Waals surface area contributed by atoms with Gasteiger partial charge in [-0.15, -0.1) is 11.3 Å². The van der Waals surface area contributed by atoms with E-state index in [0.717, 1.165) is 27.0 Å². The van der Waals surface area contributed by atoms with E-state index < -0.39 is 0 Å². The van der Waals surface area contributed by atoms with Gasteiger partial charge in [0.15, 0.2) is 0 Å². The van der Waals surface area contributed by atoms with Crippen molar-refractivity contribution in [3.63, 3.8) is 0 Å². The third kappa shape index (κ3) is 1.92. The highest BCUT2D eigenvalue weighted by atomic mass is 32.1. The van der Waals surface area contributed by atoms with E-state index in [2.05, 4.69) is 51.4 Å². The lowest BCUT2D eigenvalue weighted by molar-refractivity contribution is 1.21. The topological polar surface area (TPSA) is 38.7 Å². The molecule has 0 fully saturated rings. The first kappa shape index (κ1) is 12.7. The molecule has 2 aromatic carbocycles. The van der Waals surface area contributed by atoms with Crippen molar-refractivity contribution in [2.45, 2.75) is 0 Å². The van der Waals surface area contributed by atoms with E-state index in [9.17, 15) is 0 Å². The van der Waals surface area contributed by atoms with Crippen molar-refractivity contribution in [3.05, 3.63) is 67.1 Å². The van der Waals surface area contributed by atoms with Crippen LogP contribution in [0.5, 0.6) is 0 Å². The lowest BCUT2D eigenvalue weighted by atomic mass is 10.1. The van der Waals surface area contributed by atoms with Crippen molar-refractivity contribution in [3.8, 4) is 11.4 Å². The van der Waals surface area contributed by atoms with Crippen molar-refractivity contribution in [1.29, 1.82) is 0 Å². The van der Waals surface area contributed by atoms with Gasteiger partial charge in [-0.2, -0.15) is 0 Å². The summed E-state index contributed by atoms with van der Waals surface area (Å²) in [6, 6.07) is 18.7. The molecule has 0 aliphatic rings. The van der Waals surface area contributed by atoms with Crippen molar-refractivity contribution in [1.82, 2.24) is 15.0 Å². The van der Waals surface area contributed by atoms with Gasteiger partial charge in [0.1, 0.15) is 12.0 Å². The van der Waals surface area contributed by atoms with Gasteiger partial charge in [-0.3, -0.25) is 4.98 Å². The van der Waals surface area contributed by atoms with Crippen LogP contribution in [0.25, 0.3) is 42.5 Å². The maximum atomic E-state index is 4.61. The van der Waals surface area contributed by atoms with Crippen molar-refractivity contribution >= 4 is 42.4 Å². The highest BCUT2D eigenvalue weighted by Crippen LogP contribution is 2.37. The number of hydrogen-bond acceptors (Lipinski definition) is 4. The number of rotatable bonds is 1. The molecule has 5 aromatic rings. The smallest absolute Gasteiger partial charge is 0.116 e. The molecule has 0 N–H and O–H groups in total. The zero-order valence-electron chi connectivity index (χ0n) is 12.1. The van der Waals surface area contributed by atoms with Gasteiger partial charge in [0.25, 0.3) is 0 Å². The number of hydrogen-bond donors (Lipinski definition) is 0. The van der Waals surface area contributed by atoms with Crippen LogP contribution in [-0.2, 0) is 0 Å². The molecular formula is C19H11N3S. The summed E-state index contributed by atoms with van der Waals surface area (Å²) in [6.07, 6.45) is 3.54. The first-order valence-electron chi connectivity index (χ1n) is 7.37. The van der Waals surface area contributed by atoms with Crippen LogP contribution in [0.15, 0.2) is 67.1 Å². The summed E-state index contributed by atoms with van der Waals surface area (Å²) in [5.41, 5.74) is 2.80. The molecule has 0 bridgehead atoms. The fourth-order valence-electron chi connectivity index (χ4n) is 2.92. The number of fused-ring (bicyclic) bond motifs is 4. The highest BCUT2D eigenvalue weighted by Gasteiger charge is 2.13. The number of aromatic nitrogens is 3. The van der Waals surface area contributed by atoms with Crippen LogP contribution < -0.4 is 0 Å². The van der Waals surface area contributed by atoms with Crippen LogP contribution in [0.3, 0.4) is 0 Å². The van der Waals surface area contributed by atoms with Gasteiger partial charge < -0.3 is 0 Å². The molecule has 0 unspecified atom stereocenters. The summed E-state index contributed by atoms with van der Waals surface area (Å²) in [6.45, 7) is 0. The first-order valence-corrected chi connectivity index (χ1v) is 8.19. The molecule has 5 rings (SSSR count). The van der Waals surface area contributed by atoms with Gasteiger partial charge in [0.2, 0.25) is 0 Å². The lowest BCUT2D eigenvalue weighted by Crippen LogP contribution is -1.89. The van der Waals surface area contributed by atoms with Gasteiger partial charge in [0.05, 0.1) is 15.9 Å². The summed E-state index contributed by atoms with van der Waals surface area (Å²) in [5.74, 6) is 0. The molecule has 0 saturated heterocycles. The number of nitrogens with zero attached hydrogens (tertiary/aromatic N) is 3. The summed E-state index contributed by atoms with van der Waals surface area (Å²) in [7, 11) is 0. The van der Waals surface area contributed by atoms with E-state index >= 15 is 0 Å². The van der Waals surface area contributed by atoms with Crippen LogP contribution in [0.2, 0.25) is 0 Å². The SMILES string of the molecule is c1ccc2cc(-c3ncnc4c3sc3ccccc34)ncc2c1. The Morgan fingerprint density at radius 3 is 2.57 bits per heavy atom. The fourth-order valence-corrected chi connectivity index (χ4v) is 4.07. The van der Waals surface area contributed by atoms with E-state index in [1.807, 2.05) is 24.4 Å². The molecule has 3 heterocycles. The van der Waals surface area contributed by atoms with Gasteiger partial charge >= 0.3 is 0 Å². The van der Waals surface area contributed by atoms with Crippen molar-refractivity contribution in [2.24, 2.45) is 0 Å². The Hall–Kier alpha value is -2.85. The van der Waals surface area contributed by atoms with Crippen LogP contribution in [-0.4, -0.2) is 15.0 Å². The number of thiophene rings is 1. The molecule has 0 atom stereocenters. The predicted molar refractivity (Wildman–Crippen MR) is 95.7 cm³/mol. The second-order valence-electron chi connectivity index (χ2n) is 5.41. The zero-order valence-corrected chi connectivity index (χ0v) is 12.9. The van der Waals surface area contributed by atoms with E-state index in [1.165, 1.54) is 15.5 Å². The molecule has 0 aliphatic heterocycles. The minimum absolute atomic E-state index is 0.891. The molecule has 108 valence electrons. The van der Waals surface area contributed by atoms with Gasteiger partial charge in [-0.1, -0.05) is 42.5 Å². The molecule has 0 aliphatic carbocycles. The third-order valence-corrected chi connectivity index (χ3v) is 5.20. The zero-order chi connectivity index (χ0) is 15.2. The Balaban J connectivity index is 1.84. The minimum Gasteiger partial charge on any atom is -0.254 e. The quantitative estimate of drug-likeness (QED) is 0.434. The molecule has 0 amide bonds. The second kappa shape index (κ2) is 4.83. The molecule has 0 radical (unpaired) electrons. The normalized spacial score (nSPS) is 11.5. The van der Waals surface area contributed by atoms with Crippen LogP contribution >= 0.6 is 11.3 Å². The molecule has 0 saturated carbocycles. The molecule has 4 heteroatoms. The van der Waals surface area contributed by atoms with E-state index in [4.69, 9.17) is 0 Å². The summed E-state index contributed by atoms with van der Waals surface area (Å²) in [4.78, 5) is 13.6. The Bertz CT molecular complexity index is 1180. The maximum Gasteiger partial charge on any atom is 0.116 e. The summed E-state index contributed by atoms with van der Waals surface area (Å²) in [5, 5.41) is 3.49. The maximum absolute atomic E-state index is 4.61. The average Bonchev–Trinajstić information content (AvgIpc) is 3.00. The fraction of sp³-hybridized carbons (Fsp3) is 0. The van der Waals surface area contributed by atoms with Crippen LogP contribution in [0.1, 0.15) is 0 Å². The third-order valence-electron chi connectivity index (χ3n) is 4.03. The number of pyridine rings is 1. The second-order valence-corrected chi connectivity index (χ2v) is 6.47. The Morgan fingerprint density at radius 1 is 0.783 bits per heavy atom. The standard InChI is InChI=1S/C19H11N3S/c1-2-6-13-10-20-15(9-12(13)5-1)18-19-17(21-11-22-18)14-7-3-4-8-16(14)23-19/h1-11H. The van der Waals surface area contributed by atoms with Gasteiger partial charge in [0, 0.05) is 21.7 Å². The first-order chi connectivity index (χ1) is 11.4. The molecular weight excluding hydrogens is 302 g/mol. The Kier molecular flexibility index (Phi) is 2.66. The van der Waals surface area contributed by atoms with E-state index in [1.54, 1.807) is 17.7 Å². The lowest BCUT2D eigenvalue weighted by Gasteiger charge is -2.03. The Labute approximate surface area is 136 Å². The predicted octanol–water partition coefficient (Wildman–Crippen LogP) is 5.06. The summed E-state index contributed by atoms with van der Waals surface area (Å²) >= 11 is 1.72.